The van der Waals surface area contributed by atoms with Gasteiger partial charge in [-0.2, -0.15) is 0 Å². The number of hydrogen-bond acceptors (Lipinski definition) is 5. The van der Waals surface area contributed by atoms with Crippen LogP contribution in [0.3, 0.4) is 0 Å². The number of primary amides is 1. The van der Waals surface area contributed by atoms with Crippen molar-refractivity contribution in [3.63, 3.8) is 0 Å². The molecule has 1 atom stereocenters. The lowest BCUT2D eigenvalue weighted by atomic mass is 9.94. The number of amides is 3. The van der Waals surface area contributed by atoms with E-state index in [2.05, 4.69) is 10.3 Å². The topological polar surface area (TPSA) is 105 Å². The quantitative estimate of drug-likeness (QED) is 0.654. The molecule has 2 aliphatic carbocycles. The van der Waals surface area contributed by atoms with E-state index in [0.717, 1.165) is 42.4 Å². The number of carbonyl (C=O) groups excluding carboxylic acids is 3. The number of pyridine rings is 1. The Morgan fingerprint density at radius 2 is 2.00 bits per heavy atom. The van der Waals surface area contributed by atoms with E-state index >= 15 is 0 Å². The molecule has 0 aromatic carbocycles. The molecule has 9 heteroatoms. The highest BCUT2D eigenvalue weighted by molar-refractivity contribution is 8.00. The van der Waals surface area contributed by atoms with E-state index in [4.69, 9.17) is 5.73 Å². The molecule has 168 valence electrons. The van der Waals surface area contributed by atoms with Crippen molar-refractivity contribution in [2.24, 2.45) is 5.73 Å². The van der Waals surface area contributed by atoms with Gasteiger partial charge in [-0.1, -0.05) is 11.6 Å². The Balaban J connectivity index is 1.42. The third-order valence-electron chi connectivity index (χ3n) is 5.86. The minimum atomic E-state index is -0.584. The minimum absolute atomic E-state index is 0.0391. The zero-order chi connectivity index (χ0) is 22.7. The first kappa shape index (κ1) is 22.3. The molecule has 3 amide bonds. The van der Waals surface area contributed by atoms with Crippen molar-refractivity contribution in [2.45, 2.75) is 43.9 Å². The van der Waals surface area contributed by atoms with Crippen LogP contribution < -0.4 is 11.1 Å². The number of thioether (sulfide) groups is 1. The second-order valence-corrected chi connectivity index (χ2v) is 9.16. The molecule has 1 aromatic heterocycles. The molecule has 3 N–H and O–H groups in total. The Kier molecular flexibility index (Phi) is 6.74. The Hall–Kier alpha value is -2.94. The van der Waals surface area contributed by atoms with Gasteiger partial charge >= 0.3 is 0 Å². The average molecular weight is 457 g/mol. The summed E-state index contributed by atoms with van der Waals surface area (Å²) in [6, 6.07) is 3.03. The van der Waals surface area contributed by atoms with E-state index in [0.29, 0.717) is 25.2 Å². The summed E-state index contributed by atoms with van der Waals surface area (Å²) in [5, 5.41) is 2.52. The monoisotopic (exact) mass is 456 g/mol. The highest BCUT2D eigenvalue weighted by Gasteiger charge is 2.40. The van der Waals surface area contributed by atoms with Crippen LogP contribution in [-0.4, -0.2) is 45.3 Å². The Labute approximate surface area is 190 Å². The number of anilines is 1. The van der Waals surface area contributed by atoms with E-state index in [1.165, 1.54) is 36.2 Å². The summed E-state index contributed by atoms with van der Waals surface area (Å²) in [6.07, 6.45) is 9.19. The van der Waals surface area contributed by atoms with Gasteiger partial charge in [0.15, 0.2) is 0 Å². The summed E-state index contributed by atoms with van der Waals surface area (Å²) in [5.74, 6) is -0.443. The van der Waals surface area contributed by atoms with Crippen molar-refractivity contribution >= 4 is 35.3 Å². The molecular weight excluding hydrogens is 431 g/mol. The number of rotatable bonds is 7. The van der Waals surface area contributed by atoms with Crippen LogP contribution >= 0.6 is 11.8 Å². The highest BCUT2D eigenvalue weighted by Crippen LogP contribution is 2.41. The average Bonchev–Trinajstić information content (AvgIpc) is 3.05. The molecule has 1 unspecified atom stereocenters. The summed E-state index contributed by atoms with van der Waals surface area (Å²) >= 11 is 1.42. The maximum absolute atomic E-state index is 13.4. The van der Waals surface area contributed by atoms with E-state index in [-0.39, 0.29) is 34.3 Å². The lowest BCUT2D eigenvalue weighted by Crippen LogP contribution is -2.36. The fourth-order valence-electron chi connectivity index (χ4n) is 4.21. The van der Waals surface area contributed by atoms with Crippen molar-refractivity contribution in [3.05, 3.63) is 58.6 Å². The predicted molar refractivity (Wildman–Crippen MR) is 121 cm³/mol. The van der Waals surface area contributed by atoms with Gasteiger partial charge in [0, 0.05) is 24.7 Å². The van der Waals surface area contributed by atoms with Crippen LogP contribution in [0.5, 0.6) is 0 Å². The SMILES string of the molecule is NC(=O)c1ccc(NC(=O)CSC2C3=C(CCCC3)C(=O)N2CC2=CC=C(F)CC2)nc1. The molecule has 0 saturated heterocycles. The molecule has 7 nitrogen and oxygen atoms in total. The largest absolute Gasteiger partial charge is 0.366 e. The zero-order valence-electron chi connectivity index (χ0n) is 17.6. The van der Waals surface area contributed by atoms with Crippen LogP contribution in [0.1, 0.15) is 48.9 Å². The first-order valence-corrected chi connectivity index (χ1v) is 11.7. The van der Waals surface area contributed by atoms with Crippen molar-refractivity contribution in [1.82, 2.24) is 9.88 Å². The number of allylic oxidation sites excluding steroid dienone is 3. The molecular formula is C23H25FN4O3S. The number of nitrogens with zero attached hydrogens (tertiary/aromatic N) is 2. The Bertz CT molecular complexity index is 1030. The molecule has 1 aliphatic heterocycles. The molecule has 0 bridgehead atoms. The number of halogens is 1. The lowest BCUT2D eigenvalue weighted by Gasteiger charge is -2.28. The molecule has 1 aromatic rings. The summed E-state index contributed by atoms with van der Waals surface area (Å²) in [5.41, 5.74) is 8.50. The predicted octanol–water partition coefficient (Wildman–Crippen LogP) is 3.46. The number of nitrogens with one attached hydrogen (secondary N) is 1. The standard InChI is InChI=1S/C23H25FN4O3S/c24-16-8-5-14(6-9-16)12-28-22(31)17-3-1-2-4-18(17)23(28)32-13-20(29)27-19-10-7-15(11-26-19)21(25)30/h5,7-8,10-11,23H,1-4,6,9,12-13H2,(H2,25,30)(H,26,27,29). The van der Waals surface area contributed by atoms with Crippen LogP contribution in [0, 0.1) is 0 Å². The normalized spacial score (nSPS) is 20.6. The van der Waals surface area contributed by atoms with E-state index in [1.807, 2.05) is 4.90 Å². The molecule has 0 radical (unpaired) electrons. The van der Waals surface area contributed by atoms with Gasteiger partial charge in [-0.15, -0.1) is 11.8 Å². The van der Waals surface area contributed by atoms with Gasteiger partial charge in [0.2, 0.25) is 11.8 Å². The first-order valence-electron chi connectivity index (χ1n) is 10.7. The van der Waals surface area contributed by atoms with Gasteiger partial charge < -0.3 is 16.0 Å². The molecule has 32 heavy (non-hydrogen) atoms. The Morgan fingerprint density at radius 1 is 1.19 bits per heavy atom. The van der Waals surface area contributed by atoms with Gasteiger partial charge in [-0.25, -0.2) is 9.37 Å². The molecule has 0 saturated carbocycles. The lowest BCUT2D eigenvalue weighted by molar-refractivity contribution is -0.125. The van der Waals surface area contributed by atoms with Crippen molar-refractivity contribution in [2.75, 3.05) is 17.6 Å². The molecule has 0 spiro atoms. The third-order valence-corrected chi connectivity index (χ3v) is 7.14. The molecule has 2 heterocycles. The van der Waals surface area contributed by atoms with Crippen LogP contribution in [0.25, 0.3) is 0 Å². The number of hydrogen-bond donors (Lipinski definition) is 2. The van der Waals surface area contributed by atoms with E-state index in [1.54, 1.807) is 6.08 Å². The van der Waals surface area contributed by atoms with Crippen LogP contribution in [0.15, 0.2) is 53.0 Å². The minimum Gasteiger partial charge on any atom is -0.366 e. The maximum Gasteiger partial charge on any atom is 0.251 e. The number of nitrogens with two attached hydrogens (primary N) is 1. The second kappa shape index (κ2) is 9.68. The van der Waals surface area contributed by atoms with E-state index in [9.17, 15) is 18.8 Å². The van der Waals surface area contributed by atoms with E-state index < -0.39 is 5.91 Å². The van der Waals surface area contributed by atoms with Crippen LogP contribution in [-0.2, 0) is 9.59 Å². The fourth-order valence-corrected chi connectivity index (χ4v) is 5.40. The number of aromatic nitrogens is 1. The zero-order valence-corrected chi connectivity index (χ0v) is 18.4. The van der Waals surface area contributed by atoms with Gasteiger partial charge in [0.1, 0.15) is 17.0 Å². The number of carbonyl (C=O) groups is 3. The molecule has 4 rings (SSSR count). The van der Waals surface area contributed by atoms with Crippen LogP contribution in [0.4, 0.5) is 10.2 Å². The smallest absolute Gasteiger partial charge is 0.251 e. The van der Waals surface area contributed by atoms with Gasteiger partial charge in [0.25, 0.3) is 5.91 Å². The highest BCUT2D eigenvalue weighted by atomic mass is 32.2. The third kappa shape index (κ3) is 4.93. The first-order chi connectivity index (χ1) is 15.4. The maximum atomic E-state index is 13.4. The van der Waals surface area contributed by atoms with Crippen molar-refractivity contribution in [1.29, 1.82) is 0 Å². The van der Waals surface area contributed by atoms with Gasteiger partial charge in [-0.05, 0) is 55.9 Å². The summed E-state index contributed by atoms with van der Waals surface area (Å²) < 4.78 is 13.4. The van der Waals surface area contributed by atoms with Crippen molar-refractivity contribution < 1.29 is 18.8 Å². The molecule has 0 fully saturated rings. The van der Waals surface area contributed by atoms with Crippen molar-refractivity contribution in [3.8, 4) is 0 Å². The summed E-state index contributed by atoms with van der Waals surface area (Å²) in [4.78, 5) is 42.6. The molecule has 3 aliphatic rings. The van der Waals surface area contributed by atoms with Crippen LogP contribution in [0.2, 0.25) is 0 Å². The Morgan fingerprint density at radius 3 is 2.69 bits per heavy atom. The fraction of sp³-hybridized carbons (Fsp3) is 0.391. The van der Waals surface area contributed by atoms with Gasteiger partial charge in [-0.3, -0.25) is 14.4 Å². The summed E-state index contributed by atoms with van der Waals surface area (Å²) in [7, 11) is 0. The summed E-state index contributed by atoms with van der Waals surface area (Å²) in [6.45, 7) is 0.449. The second-order valence-electron chi connectivity index (χ2n) is 8.09. The van der Waals surface area contributed by atoms with Gasteiger partial charge in [0.05, 0.1) is 11.3 Å².